The van der Waals surface area contributed by atoms with E-state index in [1.54, 1.807) is 0 Å². The lowest BCUT2D eigenvalue weighted by Crippen LogP contribution is -2.13. The van der Waals surface area contributed by atoms with Crippen molar-refractivity contribution in [2.24, 2.45) is 0 Å². The maximum Gasteiger partial charge on any atom is 0.334 e. The van der Waals surface area contributed by atoms with Crippen LogP contribution in [0.25, 0.3) is 0 Å². The van der Waals surface area contributed by atoms with Crippen molar-refractivity contribution < 1.29 is 14.3 Å². The molecule has 0 aromatic heterocycles. The van der Waals surface area contributed by atoms with Crippen LogP contribution in [0.15, 0.2) is 34.4 Å². The van der Waals surface area contributed by atoms with Gasteiger partial charge in [0.25, 0.3) is 0 Å². The Hall–Kier alpha value is -1.35. The SMILES string of the molecule is CC1=C2CC[C@H]3O[C@]3(C)CC/C(C)=C/CC/C(C)=C/[C@H]2OC1=O. The topological polar surface area (TPSA) is 38.8 Å². The number of carbonyl (C=O) groups is 1. The van der Waals surface area contributed by atoms with E-state index in [1.807, 2.05) is 6.92 Å². The van der Waals surface area contributed by atoms with Crippen molar-refractivity contribution in [2.75, 3.05) is 0 Å². The third-order valence-electron chi connectivity index (χ3n) is 5.56. The lowest BCUT2D eigenvalue weighted by atomic mass is 9.91. The first-order valence-corrected chi connectivity index (χ1v) is 8.80. The Morgan fingerprint density at radius 2 is 1.91 bits per heavy atom. The van der Waals surface area contributed by atoms with Gasteiger partial charge in [0.1, 0.15) is 6.10 Å². The zero-order valence-corrected chi connectivity index (χ0v) is 14.8. The number of hydrogen-bond donors (Lipinski definition) is 0. The van der Waals surface area contributed by atoms with Crippen LogP contribution >= 0.6 is 0 Å². The zero-order valence-electron chi connectivity index (χ0n) is 14.8. The average Bonchev–Trinajstić information content (AvgIpc) is 3.06. The monoisotopic (exact) mass is 316 g/mol. The molecule has 0 radical (unpaired) electrons. The first-order chi connectivity index (χ1) is 10.9. The van der Waals surface area contributed by atoms with Crippen LogP contribution in [0, 0.1) is 0 Å². The van der Waals surface area contributed by atoms with Gasteiger partial charge >= 0.3 is 5.97 Å². The molecule has 3 aliphatic rings. The van der Waals surface area contributed by atoms with Gasteiger partial charge in [0.2, 0.25) is 0 Å². The zero-order chi connectivity index (χ0) is 16.6. The van der Waals surface area contributed by atoms with Crippen molar-refractivity contribution in [3.05, 3.63) is 34.4 Å². The maximum absolute atomic E-state index is 11.9. The van der Waals surface area contributed by atoms with E-state index in [4.69, 9.17) is 9.47 Å². The van der Waals surface area contributed by atoms with Gasteiger partial charge in [0, 0.05) is 5.57 Å². The molecule has 0 N–H and O–H groups in total. The van der Waals surface area contributed by atoms with Crippen molar-refractivity contribution >= 4 is 5.97 Å². The Labute approximate surface area is 139 Å². The van der Waals surface area contributed by atoms with Gasteiger partial charge in [-0.1, -0.05) is 17.2 Å². The highest BCUT2D eigenvalue weighted by molar-refractivity contribution is 5.92. The summed E-state index contributed by atoms with van der Waals surface area (Å²) in [6.45, 7) is 8.46. The average molecular weight is 316 g/mol. The fourth-order valence-electron chi connectivity index (χ4n) is 3.68. The molecule has 3 atom stereocenters. The molecule has 2 aliphatic heterocycles. The van der Waals surface area contributed by atoms with E-state index < -0.39 is 0 Å². The lowest BCUT2D eigenvalue weighted by Gasteiger charge is -2.13. The number of carbonyl (C=O) groups excluding carboxylic acids is 1. The summed E-state index contributed by atoms with van der Waals surface area (Å²) in [6.07, 6.45) is 10.8. The molecule has 23 heavy (non-hydrogen) atoms. The van der Waals surface area contributed by atoms with E-state index in [9.17, 15) is 4.79 Å². The summed E-state index contributed by atoms with van der Waals surface area (Å²) in [7, 11) is 0. The van der Waals surface area contributed by atoms with Crippen LogP contribution in [0.5, 0.6) is 0 Å². The van der Waals surface area contributed by atoms with Crippen molar-refractivity contribution in [3.8, 4) is 0 Å². The molecule has 126 valence electrons. The van der Waals surface area contributed by atoms with Crippen LogP contribution in [-0.2, 0) is 14.3 Å². The highest BCUT2D eigenvalue weighted by Gasteiger charge is 2.51. The van der Waals surface area contributed by atoms with Crippen LogP contribution in [0.3, 0.4) is 0 Å². The first kappa shape index (κ1) is 16.5. The summed E-state index contributed by atoms with van der Waals surface area (Å²) >= 11 is 0. The molecule has 0 spiro atoms. The van der Waals surface area contributed by atoms with Crippen LogP contribution < -0.4 is 0 Å². The second-order valence-corrected chi connectivity index (χ2v) is 7.54. The molecule has 1 fully saturated rings. The predicted octanol–water partition coefficient (Wildman–Crippen LogP) is 4.63. The van der Waals surface area contributed by atoms with Crippen molar-refractivity contribution in [1.82, 2.24) is 0 Å². The smallest absolute Gasteiger partial charge is 0.334 e. The fraction of sp³-hybridized carbons (Fsp3) is 0.650. The predicted molar refractivity (Wildman–Crippen MR) is 91.1 cm³/mol. The molecule has 0 aromatic carbocycles. The van der Waals surface area contributed by atoms with Gasteiger partial charge in [-0.2, -0.15) is 0 Å². The number of epoxide rings is 1. The largest absolute Gasteiger partial charge is 0.450 e. The summed E-state index contributed by atoms with van der Waals surface area (Å²) in [5.74, 6) is -0.159. The van der Waals surface area contributed by atoms with Gasteiger partial charge < -0.3 is 9.47 Å². The molecule has 3 nitrogen and oxygen atoms in total. The van der Waals surface area contributed by atoms with Crippen molar-refractivity contribution in [3.63, 3.8) is 0 Å². The number of hydrogen-bond acceptors (Lipinski definition) is 3. The molecule has 1 aliphatic carbocycles. The van der Waals surface area contributed by atoms with Crippen molar-refractivity contribution in [2.45, 2.75) is 84.0 Å². The molecular formula is C20H28O3. The van der Waals surface area contributed by atoms with E-state index >= 15 is 0 Å². The summed E-state index contributed by atoms with van der Waals surface area (Å²) in [5.41, 5.74) is 4.72. The molecular weight excluding hydrogens is 288 g/mol. The molecule has 0 amide bonds. The van der Waals surface area contributed by atoms with Gasteiger partial charge in [-0.15, -0.1) is 0 Å². The number of fused-ring (bicyclic) bond motifs is 2. The van der Waals surface area contributed by atoms with Gasteiger partial charge in [-0.3, -0.25) is 0 Å². The molecule has 3 rings (SSSR count). The van der Waals surface area contributed by atoms with Crippen LogP contribution in [0.1, 0.15) is 66.2 Å². The number of rotatable bonds is 0. The molecule has 0 saturated carbocycles. The minimum Gasteiger partial charge on any atom is -0.450 e. The summed E-state index contributed by atoms with van der Waals surface area (Å²) in [5, 5.41) is 0. The Balaban J connectivity index is 1.81. The van der Waals surface area contributed by atoms with E-state index in [0.29, 0.717) is 6.10 Å². The van der Waals surface area contributed by atoms with E-state index in [0.717, 1.165) is 49.7 Å². The normalized spacial score (nSPS) is 40.1. The van der Waals surface area contributed by atoms with Crippen LogP contribution in [0.4, 0.5) is 0 Å². The Bertz CT molecular complexity index is 596. The number of allylic oxidation sites excluding steroid dienone is 3. The Morgan fingerprint density at radius 3 is 2.70 bits per heavy atom. The minimum atomic E-state index is -0.166. The molecule has 3 heteroatoms. The highest BCUT2D eigenvalue weighted by Crippen LogP contribution is 2.45. The molecule has 1 saturated heterocycles. The standard InChI is InChI=1S/C20H28O3/c1-13-6-5-7-14(2)12-17-16(15(3)19(21)22-17)8-9-18-20(4,23-18)11-10-13/h6,12,17-18H,5,7-11H2,1-4H3/b13-6+,14-12+/t17-,18-,20-/m1/s1. The van der Waals surface area contributed by atoms with Gasteiger partial charge in [-0.05, 0) is 77.9 Å². The van der Waals surface area contributed by atoms with Gasteiger partial charge in [0.15, 0.2) is 0 Å². The fourth-order valence-corrected chi connectivity index (χ4v) is 3.68. The Morgan fingerprint density at radius 1 is 1.13 bits per heavy atom. The summed E-state index contributed by atoms with van der Waals surface area (Å²) in [4.78, 5) is 11.9. The number of esters is 1. The minimum absolute atomic E-state index is 0.0262. The summed E-state index contributed by atoms with van der Waals surface area (Å²) < 4.78 is 11.5. The van der Waals surface area contributed by atoms with Gasteiger partial charge in [0.05, 0.1) is 11.7 Å². The van der Waals surface area contributed by atoms with Crippen LogP contribution in [-0.4, -0.2) is 23.8 Å². The second kappa shape index (κ2) is 6.27. The molecule has 0 bridgehead atoms. The van der Waals surface area contributed by atoms with E-state index in [1.165, 1.54) is 11.1 Å². The lowest BCUT2D eigenvalue weighted by molar-refractivity contribution is -0.138. The maximum atomic E-state index is 11.9. The third-order valence-corrected chi connectivity index (χ3v) is 5.56. The van der Waals surface area contributed by atoms with E-state index in [-0.39, 0.29) is 17.7 Å². The van der Waals surface area contributed by atoms with Gasteiger partial charge in [-0.25, -0.2) is 4.79 Å². The third kappa shape index (κ3) is 3.60. The second-order valence-electron chi connectivity index (χ2n) is 7.54. The van der Waals surface area contributed by atoms with Crippen molar-refractivity contribution in [1.29, 1.82) is 0 Å². The highest BCUT2D eigenvalue weighted by atomic mass is 16.6. The quantitative estimate of drug-likeness (QED) is 0.371. The molecule has 0 unspecified atom stereocenters. The van der Waals surface area contributed by atoms with E-state index in [2.05, 4.69) is 32.9 Å². The first-order valence-electron chi connectivity index (χ1n) is 8.80. The van der Waals surface area contributed by atoms with Crippen LogP contribution in [0.2, 0.25) is 0 Å². The molecule has 2 heterocycles. The molecule has 0 aromatic rings. The Kier molecular flexibility index (Phi) is 4.50. The summed E-state index contributed by atoms with van der Waals surface area (Å²) in [6, 6.07) is 0. The number of ether oxygens (including phenoxy) is 2.